The molecule has 2 aromatic heterocycles. The van der Waals surface area contributed by atoms with Crippen molar-refractivity contribution in [1.82, 2.24) is 0 Å². The van der Waals surface area contributed by atoms with Crippen LogP contribution >= 0.6 is 34.4 Å². The highest BCUT2D eigenvalue weighted by Crippen LogP contribution is 2.42. The molecule has 3 aromatic rings. The normalized spacial score (nSPS) is 12.9. The summed E-state index contributed by atoms with van der Waals surface area (Å²) in [5.41, 5.74) is 1.43. The molecule has 0 spiro atoms. The van der Waals surface area contributed by atoms with Crippen LogP contribution in [0.1, 0.15) is 46.4 Å². The fourth-order valence-corrected chi connectivity index (χ4v) is 5.44. The monoisotopic (exact) mass is 370 g/mol. The first-order valence-electron chi connectivity index (χ1n) is 7.11. The third-order valence-electron chi connectivity index (χ3n) is 3.88. The predicted molar refractivity (Wildman–Crippen MR) is 97.2 cm³/mol. The van der Waals surface area contributed by atoms with E-state index in [4.69, 9.17) is 0 Å². The zero-order valence-corrected chi connectivity index (χ0v) is 14.9. The van der Waals surface area contributed by atoms with Gasteiger partial charge in [-0.2, -0.15) is 0 Å². The van der Waals surface area contributed by atoms with Gasteiger partial charge in [-0.25, -0.2) is 0 Å². The van der Waals surface area contributed by atoms with Gasteiger partial charge in [0.15, 0.2) is 5.78 Å². The second-order valence-electron chi connectivity index (χ2n) is 5.18. The van der Waals surface area contributed by atoms with Gasteiger partial charge in [0.05, 0.1) is 25.1 Å². The van der Waals surface area contributed by atoms with Crippen molar-refractivity contribution in [3.63, 3.8) is 0 Å². The molecule has 24 heavy (non-hydrogen) atoms. The molecule has 0 bridgehead atoms. The number of benzene rings is 1. The zero-order chi connectivity index (χ0) is 16.8. The molecule has 0 N–H and O–H groups in total. The molecule has 1 aliphatic carbocycles. The standard InChI is InChI=1S/C18H10O3S3/c1-22-18-13(16(21)11-7-4-8-23-11)12-14(19)9-5-2-3-6-10(9)15(20)17(12)24-18/h2-8H,1H3. The minimum atomic E-state index is -0.239. The van der Waals surface area contributed by atoms with Crippen LogP contribution in [0.2, 0.25) is 0 Å². The number of carbonyl (C=O) groups is 3. The van der Waals surface area contributed by atoms with Crippen LogP contribution in [0, 0.1) is 0 Å². The molecule has 4 rings (SSSR count). The summed E-state index contributed by atoms with van der Waals surface area (Å²) in [7, 11) is 0. The molecule has 2 heterocycles. The Morgan fingerprint density at radius 2 is 1.71 bits per heavy atom. The molecule has 0 fully saturated rings. The van der Waals surface area contributed by atoms with E-state index in [0.717, 1.165) is 0 Å². The summed E-state index contributed by atoms with van der Waals surface area (Å²) in [4.78, 5) is 39.6. The van der Waals surface area contributed by atoms with Crippen LogP contribution < -0.4 is 0 Å². The van der Waals surface area contributed by atoms with E-state index in [2.05, 4.69) is 0 Å². The number of hydrogen-bond donors (Lipinski definition) is 0. The van der Waals surface area contributed by atoms with Crippen molar-refractivity contribution >= 4 is 51.8 Å². The van der Waals surface area contributed by atoms with Crippen LogP contribution in [-0.2, 0) is 0 Å². The third-order valence-corrected chi connectivity index (χ3v) is 7.06. The number of thioether (sulfide) groups is 1. The second-order valence-corrected chi connectivity index (χ2v) is 8.23. The van der Waals surface area contributed by atoms with E-state index >= 15 is 0 Å². The van der Waals surface area contributed by atoms with E-state index in [1.54, 1.807) is 36.4 Å². The van der Waals surface area contributed by atoms with Crippen LogP contribution in [0.25, 0.3) is 0 Å². The van der Waals surface area contributed by atoms with Gasteiger partial charge < -0.3 is 0 Å². The third kappa shape index (κ3) is 2.14. The van der Waals surface area contributed by atoms with Crippen LogP contribution in [0.5, 0.6) is 0 Å². The van der Waals surface area contributed by atoms with Gasteiger partial charge >= 0.3 is 0 Å². The number of fused-ring (bicyclic) bond motifs is 2. The summed E-state index contributed by atoms with van der Waals surface area (Å²) >= 11 is 3.97. The topological polar surface area (TPSA) is 51.2 Å². The summed E-state index contributed by atoms with van der Waals surface area (Å²) in [5, 5.41) is 1.83. The maximum absolute atomic E-state index is 13.0. The Bertz CT molecular complexity index is 997. The summed E-state index contributed by atoms with van der Waals surface area (Å²) in [6, 6.07) is 10.3. The molecule has 0 amide bonds. The lowest BCUT2D eigenvalue weighted by Gasteiger charge is -2.14. The first-order chi connectivity index (χ1) is 11.6. The molecule has 6 heteroatoms. The van der Waals surface area contributed by atoms with Crippen LogP contribution in [0.15, 0.2) is 46.0 Å². The number of hydrogen-bond acceptors (Lipinski definition) is 6. The molecular formula is C18H10O3S3. The highest BCUT2D eigenvalue weighted by atomic mass is 32.2. The van der Waals surface area contributed by atoms with Crippen LogP contribution in [0.4, 0.5) is 0 Å². The molecule has 0 saturated heterocycles. The Morgan fingerprint density at radius 3 is 2.33 bits per heavy atom. The molecule has 0 aliphatic heterocycles. The van der Waals surface area contributed by atoms with Gasteiger partial charge in [-0.1, -0.05) is 30.3 Å². The molecule has 1 aliphatic rings. The van der Waals surface area contributed by atoms with Crippen LogP contribution in [-0.4, -0.2) is 23.6 Å². The highest BCUT2D eigenvalue weighted by molar-refractivity contribution is 8.00. The molecule has 118 valence electrons. The average Bonchev–Trinajstić information content (AvgIpc) is 3.26. The minimum Gasteiger partial charge on any atom is -0.289 e. The van der Waals surface area contributed by atoms with E-state index in [9.17, 15) is 14.4 Å². The lowest BCUT2D eigenvalue weighted by molar-refractivity contribution is 0.0975. The van der Waals surface area contributed by atoms with E-state index in [1.807, 2.05) is 11.6 Å². The van der Waals surface area contributed by atoms with E-state index in [1.165, 1.54) is 34.4 Å². The van der Waals surface area contributed by atoms with Crippen molar-refractivity contribution in [3.05, 3.63) is 73.8 Å². The summed E-state index contributed by atoms with van der Waals surface area (Å²) < 4.78 is 0.716. The SMILES string of the molecule is CSc1sc2c(c1C(=O)c1cccs1)C(=O)c1ccccc1C2=O. The maximum Gasteiger partial charge on any atom is 0.205 e. The van der Waals surface area contributed by atoms with Gasteiger partial charge in [0.1, 0.15) is 0 Å². The Kier molecular flexibility index (Phi) is 3.75. The van der Waals surface area contributed by atoms with Crippen molar-refractivity contribution in [1.29, 1.82) is 0 Å². The van der Waals surface area contributed by atoms with Gasteiger partial charge in [-0.15, -0.1) is 34.4 Å². The smallest absolute Gasteiger partial charge is 0.205 e. The number of thiophene rings is 2. The molecule has 0 atom stereocenters. The van der Waals surface area contributed by atoms with E-state index < -0.39 is 0 Å². The van der Waals surface area contributed by atoms with Gasteiger partial charge in [-0.3, -0.25) is 14.4 Å². The average molecular weight is 370 g/mol. The Balaban J connectivity index is 1.98. The van der Waals surface area contributed by atoms with Crippen molar-refractivity contribution in [2.24, 2.45) is 0 Å². The number of rotatable bonds is 3. The molecular weight excluding hydrogens is 360 g/mol. The van der Waals surface area contributed by atoms with Crippen molar-refractivity contribution in [2.45, 2.75) is 4.21 Å². The largest absolute Gasteiger partial charge is 0.289 e. The lowest BCUT2D eigenvalue weighted by atomic mass is 9.86. The second kappa shape index (κ2) is 5.81. The first-order valence-corrected chi connectivity index (χ1v) is 10.0. The minimum absolute atomic E-state index is 0.175. The predicted octanol–water partition coefficient (Wildman–Crippen LogP) is 4.54. The Hall–Kier alpha value is -2.02. The van der Waals surface area contributed by atoms with Crippen molar-refractivity contribution in [3.8, 4) is 0 Å². The number of carbonyl (C=O) groups excluding carboxylic acids is 3. The molecule has 3 nitrogen and oxygen atoms in total. The maximum atomic E-state index is 13.0. The van der Waals surface area contributed by atoms with E-state index in [-0.39, 0.29) is 22.9 Å². The fourth-order valence-electron chi connectivity index (χ4n) is 2.80. The quantitative estimate of drug-likeness (QED) is 0.392. The zero-order valence-electron chi connectivity index (χ0n) is 12.5. The first kappa shape index (κ1) is 15.5. The molecule has 0 saturated carbocycles. The molecule has 0 unspecified atom stereocenters. The molecule has 1 aromatic carbocycles. The molecule has 0 radical (unpaired) electrons. The van der Waals surface area contributed by atoms with Gasteiger partial charge in [0, 0.05) is 11.1 Å². The van der Waals surface area contributed by atoms with Gasteiger partial charge in [0.2, 0.25) is 11.6 Å². The lowest BCUT2D eigenvalue weighted by Crippen LogP contribution is -2.21. The Labute approximate surface area is 150 Å². The fraction of sp³-hybridized carbons (Fsp3) is 0.0556. The summed E-state index contributed by atoms with van der Waals surface area (Å²) in [6.07, 6.45) is 1.85. The summed E-state index contributed by atoms with van der Waals surface area (Å²) in [5.74, 6) is -0.602. The Morgan fingerprint density at radius 1 is 1.00 bits per heavy atom. The van der Waals surface area contributed by atoms with Crippen molar-refractivity contribution in [2.75, 3.05) is 6.26 Å². The van der Waals surface area contributed by atoms with Gasteiger partial charge in [0.25, 0.3) is 0 Å². The van der Waals surface area contributed by atoms with E-state index in [0.29, 0.717) is 30.7 Å². The number of ketones is 3. The summed E-state index contributed by atoms with van der Waals surface area (Å²) in [6.45, 7) is 0. The van der Waals surface area contributed by atoms with Crippen molar-refractivity contribution < 1.29 is 14.4 Å². The van der Waals surface area contributed by atoms with Crippen LogP contribution in [0.3, 0.4) is 0 Å². The highest BCUT2D eigenvalue weighted by Gasteiger charge is 2.37. The van der Waals surface area contributed by atoms with Gasteiger partial charge in [-0.05, 0) is 17.7 Å².